The molecule has 0 atom stereocenters. The van der Waals surface area contributed by atoms with E-state index in [-0.39, 0.29) is 0 Å². The van der Waals surface area contributed by atoms with Crippen molar-refractivity contribution in [2.24, 2.45) is 0 Å². The number of hydrogen-bond acceptors (Lipinski definition) is 4. The highest BCUT2D eigenvalue weighted by molar-refractivity contribution is 7.98. The SMILES string of the molecule is Cc1ccccc1CSCCCNC(=S)Nc1ccc2c(c1)OCCO2. The monoisotopic (exact) mass is 388 g/mol. The van der Waals surface area contributed by atoms with Crippen LogP contribution >= 0.6 is 24.0 Å². The maximum absolute atomic E-state index is 5.58. The molecule has 0 saturated carbocycles. The molecule has 0 saturated heterocycles. The Morgan fingerprint density at radius 2 is 1.92 bits per heavy atom. The van der Waals surface area contributed by atoms with Crippen LogP contribution in [0.15, 0.2) is 42.5 Å². The Labute approximate surface area is 164 Å². The van der Waals surface area contributed by atoms with Gasteiger partial charge in [-0.15, -0.1) is 0 Å². The van der Waals surface area contributed by atoms with Crippen LogP contribution in [0.2, 0.25) is 0 Å². The van der Waals surface area contributed by atoms with E-state index in [0.29, 0.717) is 18.3 Å². The zero-order valence-electron chi connectivity index (χ0n) is 14.9. The zero-order chi connectivity index (χ0) is 18.2. The fraction of sp³-hybridized carbons (Fsp3) is 0.350. The summed E-state index contributed by atoms with van der Waals surface area (Å²) in [5.74, 6) is 3.71. The predicted molar refractivity (Wildman–Crippen MR) is 114 cm³/mol. The van der Waals surface area contributed by atoms with Crippen molar-refractivity contribution >= 4 is 34.8 Å². The minimum atomic E-state index is 0.583. The lowest BCUT2D eigenvalue weighted by atomic mass is 10.1. The van der Waals surface area contributed by atoms with Gasteiger partial charge in [-0.05, 0) is 54.6 Å². The van der Waals surface area contributed by atoms with Gasteiger partial charge in [0.05, 0.1) is 0 Å². The molecule has 2 N–H and O–H groups in total. The molecule has 0 amide bonds. The number of nitrogens with one attached hydrogen (secondary N) is 2. The van der Waals surface area contributed by atoms with Gasteiger partial charge in [-0.2, -0.15) is 11.8 Å². The van der Waals surface area contributed by atoms with Crippen LogP contribution in [0, 0.1) is 6.92 Å². The van der Waals surface area contributed by atoms with Gasteiger partial charge in [0.25, 0.3) is 0 Å². The van der Waals surface area contributed by atoms with Crippen LogP contribution in [0.1, 0.15) is 17.5 Å². The first-order valence-corrected chi connectivity index (χ1v) is 10.4. The van der Waals surface area contributed by atoms with E-state index in [1.165, 1.54) is 11.1 Å². The second-order valence-corrected chi connectivity index (χ2v) is 7.59. The van der Waals surface area contributed by atoms with Crippen molar-refractivity contribution in [3.63, 3.8) is 0 Å². The maximum Gasteiger partial charge on any atom is 0.170 e. The van der Waals surface area contributed by atoms with Gasteiger partial charge in [0.1, 0.15) is 13.2 Å². The standard InChI is InChI=1S/C20H24N2O2S2/c1-15-5-2-3-6-16(15)14-26-12-4-9-21-20(25)22-17-7-8-18-19(13-17)24-11-10-23-18/h2-3,5-8,13H,4,9-12,14H2,1H3,(H2,21,22,25). The summed E-state index contributed by atoms with van der Waals surface area (Å²) >= 11 is 7.32. The molecule has 26 heavy (non-hydrogen) atoms. The smallest absolute Gasteiger partial charge is 0.170 e. The summed E-state index contributed by atoms with van der Waals surface area (Å²) in [5, 5.41) is 7.08. The van der Waals surface area contributed by atoms with Gasteiger partial charge in [0.15, 0.2) is 16.6 Å². The number of benzene rings is 2. The lowest BCUT2D eigenvalue weighted by Crippen LogP contribution is -2.29. The molecule has 2 aromatic rings. The molecule has 0 unspecified atom stereocenters. The second kappa shape index (κ2) is 9.69. The van der Waals surface area contributed by atoms with E-state index >= 15 is 0 Å². The van der Waals surface area contributed by atoms with E-state index in [1.807, 2.05) is 30.0 Å². The van der Waals surface area contributed by atoms with E-state index in [1.54, 1.807) is 0 Å². The summed E-state index contributed by atoms with van der Waals surface area (Å²) in [6.07, 6.45) is 1.07. The molecule has 0 aliphatic carbocycles. The quantitative estimate of drug-likeness (QED) is 0.542. The molecule has 1 aliphatic heterocycles. The summed E-state index contributed by atoms with van der Waals surface area (Å²) < 4.78 is 11.1. The Hall–Kier alpha value is -1.92. The third kappa shape index (κ3) is 5.54. The number of fused-ring (bicyclic) bond motifs is 1. The summed E-state index contributed by atoms with van der Waals surface area (Å²) in [6.45, 7) is 4.21. The van der Waals surface area contributed by atoms with Gasteiger partial charge in [0, 0.05) is 24.1 Å². The first kappa shape index (κ1) is 18.9. The van der Waals surface area contributed by atoms with E-state index in [9.17, 15) is 0 Å². The van der Waals surface area contributed by atoms with Crippen molar-refractivity contribution in [3.05, 3.63) is 53.6 Å². The van der Waals surface area contributed by atoms with Crippen LogP contribution < -0.4 is 20.1 Å². The Morgan fingerprint density at radius 1 is 1.12 bits per heavy atom. The first-order valence-electron chi connectivity index (χ1n) is 8.79. The van der Waals surface area contributed by atoms with E-state index in [0.717, 1.165) is 41.7 Å². The van der Waals surface area contributed by atoms with Gasteiger partial charge < -0.3 is 20.1 Å². The normalized spacial score (nSPS) is 12.5. The highest BCUT2D eigenvalue weighted by atomic mass is 32.2. The molecular formula is C20H24N2O2S2. The van der Waals surface area contributed by atoms with Gasteiger partial charge in [0.2, 0.25) is 0 Å². The summed E-state index contributed by atoms with van der Waals surface area (Å²) in [7, 11) is 0. The minimum absolute atomic E-state index is 0.583. The van der Waals surface area contributed by atoms with Crippen molar-refractivity contribution in [2.45, 2.75) is 19.1 Å². The molecule has 0 spiro atoms. The third-order valence-corrected chi connectivity index (χ3v) is 5.41. The van der Waals surface area contributed by atoms with Crippen molar-refractivity contribution in [1.82, 2.24) is 5.32 Å². The fourth-order valence-corrected chi connectivity index (χ4v) is 3.88. The number of rotatable bonds is 7. The van der Waals surface area contributed by atoms with Crippen LogP contribution in [-0.2, 0) is 5.75 Å². The number of aryl methyl sites for hydroxylation is 1. The molecular weight excluding hydrogens is 364 g/mol. The number of thiocarbonyl (C=S) groups is 1. The Kier molecular flexibility index (Phi) is 7.03. The van der Waals surface area contributed by atoms with E-state index in [2.05, 4.69) is 41.8 Å². The Balaban J connectivity index is 1.32. The van der Waals surface area contributed by atoms with Gasteiger partial charge >= 0.3 is 0 Å². The highest BCUT2D eigenvalue weighted by Crippen LogP contribution is 2.32. The highest BCUT2D eigenvalue weighted by Gasteiger charge is 2.11. The molecule has 2 aromatic carbocycles. The maximum atomic E-state index is 5.58. The van der Waals surface area contributed by atoms with Gasteiger partial charge in [-0.3, -0.25) is 0 Å². The van der Waals surface area contributed by atoms with Crippen LogP contribution in [0.3, 0.4) is 0 Å². The number of ether oxygens (including phenoxy) is 2. The van der Waals surface area contributed by atoms with Gasteiger partial charge in [-0.25, -0.2) is 0 Å². The summed E-state index contributed by atoms with van der Waals surface area (Å²) in [5.41, 5.74) is 3.69. The van der Waals surface area contributed by atoms with E-state index in [4.69, 9.17) is 21.7 Å². The topological polar surface area (TPSA) is 42.5 Å². The Bertz CT molecular complexity index is 752. The summed E-state index contributed by atoms with van der Waals surface area (Å²) in [4.78, 5) is 0. The molecule has 3 rings (SSSR count). The van der Waals surface area contributed by atoms with Crippen LogP contribution in [-0.4, -0.2) is 30.6 Å². The molecule has 1 aliphatic rings. The van der Waals surface area contributed by atoms with E-state index < -0.39 is 0 Å². The second-order valence-electron chi connectivity index (χ2n) is 6.07. The number of hydrogen-bond donors (Lipinski definition) is 2. The fourth-order valence-electron chi connectivity index (χ4n) is 2.63. The average molecular weight is 389 g/mol. The molecule has 6 heteroatoms. The van der Waals surface area contributed by atoms with Crippen molar-refractivity contribution in [2.75, 3.05) is 30.8 Å². The van der Waals surface area contributed by atoms with Crippen molar-refractivity contribution in [1.29, 1.82) is 0 Å². The molecule has 0 aromatic heterocycles. The summed E-state index contributed by atoms with van der Waals surface area (Å²) in [6, 6.07) is 14.3. The zero-order valence-corrected chi connectivity index (χ0v) is 16.6. The van der Waals surface area contributed by atoms with Gasteiger partial charge in [-0.1, -0.05) is 24.3 Å². The molecule has 138 valence electrons. The number of anilines is 1. The largest absolute Gasteiger partial charge is 0.486 e. The van der Waals surface area contributed by atoms with Crippen molar-refractivity contribution < 1.29 is 9.47 Å². The molecule has 0 fully saturated rings. The molecule has 4 nitrogen and oxygen atoms in total. The molecule has 0 radical (unpaired) electrons. The number of thioether (sulfide) groups is 1. The van der Waals surface area contributed by atoms with Crippen molar-refractivity contribution in [3.8, 4) is 11.5 Å². The van der Waals surface area contributed by atoms with Crippen LogP contribution in [0.4, 0.5) is 5.69 Å². The minimum Gasteiger partial charge on any atom is -0.486 e. The van der Waals surface area contributed by atoms with Crippen LogP contribution in [0.5, 0.6) is 11.5 Å². The predicted octanol–water partition coefficient (Wildman–Crippen LogP) is 4.38. The first-order chi connectivity index (χ1) is 12.7. The Morgan fingerprint density at radius 3 is 2.77 bits per heavy atom. The lowest BCUT2D eigenvalue weighted by Gasteiger charge is -2.19. The lowest BCUT2D eigenvalue weighted by molar-refractivity contribution is 0.171. The molecule has 1 heterocycles. The average Bonchev–Trinajstić information content (AvgIpc) is 2.66. The van der Waals surface area contributed by atoms with Crippen LogP contribution in [0.25, 0.3) is 0 Å². The third-order valence-electron chi connectivity index (χ3n) is 4.07. The molecule has 0 bridgehead atoms.